The molecule has 0 saturated carbocycles. The van der Waals surface area contributed by atoms with Crippen molar-refractivity contribution < 1.29 is 22.4 Å². The number of amides is 1. The molecule has 3 rings (SSSR count). The highest BCUT2D eigenvalue weighted by Gasteiger charge is 2.39. The summed E-state index contributed by atoms with van der Waals surface area (Å²) < 4.78 is 53.4. The number of nitrogens with zero attached hydrogens (tertiary/aromatic N) is 4. The molecule has 11 heteroatoms. The van der Waals surface area contributed by atoms with Crippen LogP contribution in [0.4, 0.5) is 17.6 Å². The second-order valence-electron chi connectivity index (χ2n) is 7.20. The SMILES string of the molecule is Cc1c(Br)c(C(F)(F)F)nn1C(C)C(=O)N1CCN(Cc2ccc(F)cc2Cl)CC1. The normalized spacial score (nSPS) is 16.7. The summed E-state index contributed by atoms with van der Waals surface area (Å²) in [6.07, 6.45) is -4.61. The number of halogens is 6. The Morgan fingerprint density at radius 1 is 1.27 bits per heavy atom. The lowest BCUT2D eigenvalue weighted by Crippen LogP contribution is -2.50. The lowest BCUT2D eigenvalue weighted by atomic mass is 10.2. The Hall–Kier alpha value is -1.65. The topological polar surface area (TPSA) is 41.4 Å². The van der Waals surface area contributed by atoms with Crippen LogP contribution in [0.3, 0.4) is 0 Å². The van der Waals surface area contributed by atoms with E-state index in [-0.39, 0.29) is 16.1 Å². The smallest absolute Gasteiger partial charge is 0.338 e. The number of hydrogen-bond donors (Lipinski definition) is 0. The number of carbonyl (C=O) groups excluding carboxylic acids is 1. The van der Waals surface area contributed by atoms with E-state index in [2.05, 4.69) is 25.9 Å². The Morgan fingerprint density at radius 2 is 1.90 bits per heavy atom. The second kappa shape index (κ2) is 8.84. The van der Waals surface area contributed by atoms with E-state index in [1.54, 1.807) is 17.9 Å². The van der Waals surface area contributed by atoms with Gasteiger partial charge in [-0.3, -0.25) is 14.4 Å². The molecule has 164 valence electrons. The van der Waals surface area contributed by atoms with Gasteiger partial charge in [-0.15, -0.1) is 0 Å². The average molecular weight is 512 g/mol. The van der Waals surface area contributed by atoms with Gasteiger partial charge in [-0.05, 0) is 47.5 Å². The molecule has 1 aliphatic heterocycles. The van der Waals surface area contributed by atoms with Crippen LogP contribution in [0.2, 0.25) is 5.02 Å². The van der Waals surface area contributed by atoms with Crippen molar-refractivity contribution in [3.05, 3.63) is 50.5 Å². The Morgan fingerprint density at radius 3 is 2.43 bits per heavy atom. The number of piperazine rings is 1. The average Bonchev–Trinajstić information content (AvgIpc) is 2.99. The first kappa shape index (κ1) is 23.0. The van der Waals surface area contributed by atoms with Crippen molar-refractivity contribution in [1.82, 2.24) is 19.6 Å². The summed E-state index contributed by atoms with van der Waals surface area (Å²) in [5.41, 5.74) is -0.00341. The van der Waals surface area contributed by atoms with E-state index in [0.29, 0.717) is 37.7 Å². The molecule has 1 atom stereocenters. The molecule has 0 aliphatic carbocycles. The molecule has 2 heterocycles. The van der Waals surface area contributed by atoms with Crippen molar-refractivity contribution in [2.45, 2.75) is 32.6 Å². The third kappa shape index (κ3) is 4.81. The standard InChI is InChI=1S/C19H20BrClF4N4O/c1-11-16(20)17(19(23,24)25)26-29(11)12(2)18(30)28-7-5-27(6-8-28)10-13-3-4-14(22)9-15(13)21/h3-4,9,12H,5-8,10H2,1-2H3. The van der Waals surface area contributed by atoms with Crippen LogP contribution in [-0.2, 0) is 17.5 Å². The number of hydrogen-bond acceptors (Lipinski definition) is 3. The van der Waals surface area contributed by atoms with E-state index in [1.165, 1.54) is 19.1 Å². The van der Waals surface area contributed by atoms with Gasteiger partial charge >= 0.3 is 6.18 Å². The monoisotopic (exact) mass is 510 g/mol. The van der Waals surface area contributed by atoms with Gasteiger partial charge in [0, 0.05) is 37.7 Å². The van der Waals surface area contributed by atoms with E-state index < -0.39 is 23.7 Å². The van der Waals surface area contributed by atoms with Crippen LogP contribution < -0.4 is 0 Å². The molecule has 1 amide bonds. The van der Waals surface area contributed by atoms with Crippen molar-refractivity contribution >= 4 is 33.4 Å². The van der Waals surface area contributed by atoms with E-state index in [0.717, 1.165) is 10.2 Å². The minimum absolute atomic E-state index is 0.157. The van der Waals surface area contributed by atoms with E-state index in [1.807, 2.05) is 0 Å². The number of rotatable bonds is 4. The molecule has 2 aromatic rings. The van der Waals surface area contributed by atoms with Gasteiger partial charge in [0.1, 0.15) is 11.9 Å². The van der Waals surface area contributed by atoms with Crippen molar-refractivity contribution in [3.8, 4) is 0 Å². The molecule has 1 aliphatic rings. The van der Waals surface area contributed by atoms with Crippen molar-refractivity contribution in [1.29, 1.82) is 0 Å². The Labute approximate surface area is 184 Å². The molecule has 30 heavy (non-hydrogen) atoms. The molecule has 1 aromatic carbocycles. The first-order valence-electron chi connectivity index (χ1n) is 9.26. The number of carbonyl (C=O) groups is 1. The first-order valence-corrected chi connectivity index (χ1v) is 10.4. The molecule has 0 radical (unpaired) electrons. The number of alkyl halides is 3. The molecule has 0 bridgehead atoms. The Kier molecular flexibility index (Phi) is 6.78. The molecule has 0 N–H and O–H groups in total. The van der Waals surface area contributed by atoms with Crippen LogP contribution in [0.5, 0.6) is 0 Å². The molecule has 1 unspecified atom stereocenters. The van der Waals surface area contributed by atoms with E-state index in [9.17, 15) is 22.4 Å². The Bertz CT molecular complexity index is 941. The fourth-order valence-electron chi connectivity index (χ4n) is 3.44. The van der Waals surface area contributed by atoms with Crippen LogP contribution in [0.25, 0.3) is 0 Å². The van der Waals surface area contributed by atoms with Crippen LogP contribution in [0.15, 0.2) is 22.7 Å². The minimum atomic E-state index is -4.61. The van der Waals surface area contributed by atoms with Gasteiger partial charge in [0.25, 0.3) is 0 Å². The summed E-state index contributed by atoms with van der Waals surface area (Å²) in [6, 6.07) is 3.38. The Balaban J connectivity index is 1.64. The van der Waals surface area contributed by atoms with Gasteiger partial charge in [0.2, 0.25) is 5.91 Å². The highest BCUT2D eigenvalue weighted by atomic mass is 79.9. The molecule has 1 fully saturated rings. The third-order valence-electron chi connectivity index (χ3n) is 5.16. The maximum Gasteiger partial charge on any atom is 0.436 e. The summed E-state index contributed by atoms with van der Waals surface area (Å²) in [5.74, 6) is -0.691. The fraction of sp³-hybridized carbons (Fsp3) is 0.474. The summed E-state index contributed by atoms with van der Waals surface area (Å²) in [4.78, 5) is 16.6. The largest absolute Gasteiger partial charge is 0.436 e. The molecular weight excluding hydrogens is 492 g/mol. The predicted molar refractivity (Wildman–Crippen MR) is 108 cm³/mol. The molecule has 0 spiro atoms. The maximum absolute atomic E-state index is 13.2. The van der Waals surface area contributed by atoms with E-state index >= 15 is 0 Å². The van der Waals surface area contributed by atoms with Gasteiger partial charge in [0.15, 0.2) is 5.69 Å². The number of aromatic nitrogens is 2. The summed E-state index contributed by atoms with van der Waals surface area (Å²) in [5, 5.41) is 3.97. The lowest BCUT2D eigenvalue weighted by Gasteiger charge is -2.36. The third-order valence-corrected chi connectivity index (χ3v) is 6.46. The summed E-state index contributed by atoms with van der Waals surface area (Å²) in [7, 11) is 0. The highest BCUT2D eigenvalue weighted by Crippen LogP contribution is 2.36. The molecule has 1 saturated heterocycles. The predicted octanol–water partition coefficient (Wildman–Crippen LogP) is 4.67. The van der Waals surface area contributed by atoms with Crippen LogP contribution in [-0.4, -0.2) is 51.7 Å². The van der Waals surface area contributed by atoms with Crippen LogP contribution in [0, 0.1) is 12.7 Å². The highest BCUT2D eigenvalue weighted by molar-refractivity contribution is 9.10. The van der Waals surface area contributed by atoms with E-state index in [4.69, 9.17) is 11.6 Å². The molecule has 5 nitrogen and oxygen atoms in total. The van der Waals surface area contributed by atoms with Gasteiger partial charge in [-0.25, -0.2) is 4.39 Å². The lowest BCUT2D eigenvalue weighted by molar-refractivity contribution is -0.143. The molecular formula is C19H20BrClF4N4O. The van der Waals surface area contributed by atoms with Crippen molar-refractivity contribution in [3.63, 3.8) is 0 Å². The van der Waals surface area contributed by atoms with Crippen molar-refractivity contribution in [2.75, 3.05) is 26.2 Å². The zero-order valence-corrected chi connectivity index (χ0v) is 18.7. The first-order chi connectivity index (χ1) is 14.0. The zero-order valence-electron chi connectivity index (χ0n) is 16.3. The fourth-order valence-corrected chi connectivity index (χ4v) is 4.16. The van der Waals surface area contributed by atoms with Crippen LogP contribution >= 0.6 is 27.5 Å². The zero-order chi connectivity index (χ0) is 22.2. The van der Waals surface area contributed by atoms with Gasteiger partial charge in [-0.2, -0.15) is 18.3 Å². The number of benzene rings is 1. The molecule has 1 aromatic heterocycles. The van der Waals surface area contributed by atoms with Crippen molar-refractivity contribution in [2.24, 2.45) is 0 Å². The van der Waals surface area contributed by atoms with Gasteiger partial charge in [0.05, 0.1) is 10.2 Å². The quantitative estimate of drug-likeness (QED) is 0.560. The minimum Gasteiger partial charge on any atom is -0.338 e. The van der Waals surface area contributed by atoms with Crippen LogP contribution in [0.1, 0.15) is 29.9 Å². The summed E-state index contributed by atoms with van der Waals surface area (Å²) in [6.45, 7) is 5.55. The maximum atomic E-state index is 13.2. The summed E-state index contributed by atoms with van der Waals surface area (Å²) >= 11 is 9.00. The van der Waals surface area contributed by atoms with Gasteiger partial charge in [-0.1, -0.05) is 17.7 Å². The van der Waals surface area contributed by atoms with Gasteiger partial charge < -0.3 is 4.90 Å². The second-order valence-corrected chi connectivity index (χ2v) is 8.40.